The molecule has 2 aromatic carbocycles. The minimum Gasteiger partial charge on any atom is -0.493 e. The van der Waals surface area contributed by atoms with Crippen LogP contribution in [-0.2, 0) is 32.5 Å². The number of imidazole rings is 1. The minimum atomic E-state index is -3.19. The Morgan fingerprint density at radius 3 is 2.73 bits per heavy atom. The molecule has 2 saturated heterocycles. The standard InChI is InChI=1S/C29H34N4O6S/c1-37-26-3-2-23-17-27(26)39-12-9-32(29(34)24-4-13-40(35,36)20-24)19-22-14-21(18-31-7-10-38-11-8-31)15-25(16-22)33-6-5-30-28(23)33/h2-3,5-6,14-17,24H,4,7-13,18-20H2,1H3. The number of fused-ring (bicyclic) bond motifs is 7. The number of hydrogen-bond donors (Lipinski definition) is 0. The highest BCUT2D eigenvalue weighted by Crippen LogP contribution is 2.34. The molecule has 4 bridgehead atoms. The summed E-state index contributed by atoms with van der Waals surface area (Å²) in [4.78, 5) is 22.4. The van der Waals surface area contributed by atoms with Crippen LogP contribution in [0.15, 0.2) is 48.8 Å². The lowest BCUT2D eigenvalue weighted by Gasteiger charge is -2.28. The number of amides is 1. The summed E-state index contributed by atoms with van der Waals surface area (Å²) in [5.41, 5.74) is 3.93. The number of carbonyl (C=O) groups is 1. The van der Waals surface area contributed by atoms with E-state index in [1.54, 1.807) is 18.2 Å². The van der Waals surface area contributed by atoms with Gasteiger partial charge >= 0.3 is 0 Å². The van der Waals surface area contributed by atoms with E-state index in [0.29, 0.717) is 44.2 Å². The van der Waals surface area contributed by atoms with Crippen molar-refractivity contribution in [2.75, 3.05) is 58.1 Å². The maximum atomic E-state index is 13.7. The molecule has 6 rings (SSSR count). The lowest BCUT2D eigenvalue weighted by atomic mass is 10.0. The van der Waals surface area contributed by atoms with Crippen LogP contribution in [0.5, 0.6) is 11.5 Å². The van der Waals surface area contributed by atoms with Crippen LogP contribution < -0.4 is 9.47 Å². The monoisotopic (exact) mass is 566 g/mol. The smallest absolute Gasteiger partial charge is 0.227 e. The molecular weight excluding hydrogens is 532 g/mol. The summed E-state index contributed by atoms with van der Waals surface area (Å²) >= 11 is 0. The zero-order valence-electron chi connectivity index (χ0n) is 22.6. The van der Waals surface area contributed by atoms with Crippen LogP contribution in [0.3, 0.4) is 0 Å². The molecule has 1 aromatic heterocycles. The van der Waals surface area contributed by atoms with Gasteiger partial charge in [-0.2, -0.15) is 0 Å². The highest BCUT2D eigenvalue weighted by atomic mass is 32.2. The molecule has 1 amide bonds. The van der Waals surface area contributed by atoms with Gasteiger partial charge in [-0.15, -0.1) is 0 Å². The first-order valence-electron chi connectivity index (χ1n) is 13.7. The van der Waals surface area contributed by atoms with Gasteiger partial charge in [0.1, 0.15) is 12.4 Å². The Kier molecular flexibility index (Phi) is 7.52. The predicted molar refractivity (Wildman–Crippen MR) is 149 cm³/mol. The molecule has 1 unspecified atom stereocenters. The van der Waals surface area contributed by atoms with Crippen molar-refractivity contribution in [3.8, 4) is 28.6 Å². The molecule has 3 aromatic rings. The van der Waals surface area contributed by atoms with Gasteiger partial charge in [0.05, 0.1) is 44.3 Å². The van der Waals surface area contributed by atoms with Gasteiger partial charge in [0.25, 0.3) is 0 Å². The van der Waals surface area contributed by atoms with Crippen molar-refractivity contribution < 1.29 is 27.4 Å². The number of benzene rings is 2. The maximum Gasteiger partial charge on any atom is 0.227 e. The number of nitrogens with zero attached hydrogens (tertiary/aromatic N) is 4. The van der Waals surface area contributed by atoms with Crippen LogP contribution in [0, 0.1) is 5.92 Å². The maximum absolute atomic E-state index is 13.7. The molecule has 11 heteroatoms. The summed E-state index contributed by atoms with van der Waals surface area (Å²) in [6.45, 7) is 4.82. The second-order valence-electron chi connectivity index (χ2n) is 10.6. The van der Waals surface area contributed by atoms with E-state index in [2.05, 4.69) is 28.1 Å². The van der Waals surface area contributed by atoms with Gasteiger partial charge in [-0.05, 0) is 47.9 Å². The van der Waals surface area contributed by atoms with Gasteiger partial charge in [0, 0.05) is 49.8 Å². The van der Waals surface area contributed by atoms with Crippen molar-refractivity contribution in [3.63, 3.8) is 0 Å². The van der Waals surface area contributed by atoms with E-state index in [4.69, 9.17) is 14.2 Å². The third-order valence-corrected chi connectivity index (χ3v) is 9.54. The number of morpholine rings is 1. The van der Waals surface area contributed by atoms with Crippen molar-refractivity contribution in [1.82, 2.24) is 19.4 Å². The van der Waals surface area contributed by atoms with Crippen molar-refractivity contribution >= 4 is 15.7 Å². The Morgan fingerprint density at radius 2 is 1.95 bits per heavy atom. The zero-order chi connectivity index (χ0) is 27.7. The summed E-state index contributed by atoms with van der Waals surface area (Å²) in [5, 5.41) is 0. The fourth-order valence-electron chi connectivity index (χ4n) is 5.74. The number of sulfone groups is 1. The molecule has 0 spiro atoms. The van der Waals surface area contributed by atoms with Crippen molar-refractivity contribution in [2.24, 2.45) is 5.92 Å². The van der Waals surface area contributed by atoms with Gasteiger partial charge in [0.2, 0.25) is 5.91 Å². The first-order valence-corrected chi connectivity index (χ1v) is 15.5. The molecule has 10 nitrogen and oxygen atoms in total. The molecule has 2 fully saturated rings. The largest absolute Gasteiger partial charge is 0.493 e. The van der Waals surface area contributed by atoms with Crippen LogP contribution in [0.25, 0.3) is 17.1 Å². The molecular formula is C29H34N4O6S. The lowest BCUT2D eigenvalue weighted by molar-refractivity contribution is -0.135. The van der Waals surface area contributed by atoms with Crippen molar-refractivity contribution in [2.45, 2.75) is 19.5 Å². The lowest BCUT2D eigenvalue weighted by Crippen LogP contribution is -2.39. The summed E-state index contributed by atoms with van der Waals surface area (Å²) in [6, 6.07) is 12.1. The Bertz CT molecular complexity index is 1500. The SMILES string of the molecule is COc1ccc2cc1OCCN(C(=O)C1CCS(=O)(=O)C1)Cc1cc(CN3CCOCC3)cc(c1)-n1ccnc1-2. The fraction of sp³-hybridized carbons (Fsp3) is 0.448. The summed E-state index contributed by atoms with van der Waals surface area (Å²) < 4.78 is 43.6. The molecule has 0 radical (unpaired) electrons. The molecule has 3 aliphatic rings. The zero-order valence-corrected chi connectivity index (χ0v) is 23.4. The van der Waals surface area contributed by atoms with Gasteiger partial charge in [-0.25, -0.2) is 13.4 Å². The summed E-state index contributed by atoms with van der Waals surface area (Å²) in [6.07, 6.45) is 4.06. The van der Waals surface area contributed by atoms with E-state index < -0.39 is 15.8 Å². The van der Waals surface area contributed by atoms with Crippen molar-refractivity contribution in [3.05, 3.63) is 59.9 Å². The van der Waals surface area contributed by atoms with Crippen LogP contribution in [-0.4, -0.2) is 91.7 Å². The number of aromatic nitrogens is 2. The van der Waals surface area contributed by atoms with E-state index in [0.717, 1.165) is 47.8 Å². The number of hydrogen-bond acceptors (Lipinski definition) is 8. The molecule has 212 valence electrons. The Labute approximate surface area is 234 Å². The normalized spacial score (nSPS) is 20.9. The van der Waals surface area contributed by atoms with Crippen LogP contribution in [0.4, 0.5) is 0 Å². The average molecular weight is 567 g/mol. The number of rotatable bonds is 4. The summed E-state index contributed by atoms with van der Waals surface area (Å²) in [5.74, 6) is 1.19. The first-order chi connectivity index (χ1) is 19.4. The molecule has 0 N–H and O–H groups in total. The average Bonchev–Trinajstić information content (AvgIpc) is 3.59. The van der Waals surface area contributed by atoms with E-state index in [1.165, 1.54) is 0 Å². The van der Waals surface area contributed by atoms with Gasteiger partial charge < -0.3 is 19.1 Å². The highest BCUT2D eigenvalue weighted by molar-refractivity contribution is 7.91. The molecule has 40 heavy (non-hydrogen) atoms. The van der Waals surface area contributed by atoms with Crippen LogP contribution in [0.1, 0.15) is 17.5 Å². The predicted octanol–water partition coefficient (Wildman–Crippen LogP) is 2.54. The molecule has 3 aliphatic heterocycles. The number of carbonyl (C=O) groups excluding carboxylic acids is 1. The van der Waals surface area contributed by atoms with Crippen LogP contribution in [0.2, 0.25) is 0 Å². The molecule has 4 heterocycles. The Morgan fingerprint density at radius 1 is 1.10 bits per heavy atom. The third kappa shape index (κ3) is 5.72. The third-order valence-electron chi connectivity index (χ3n) is 7.77. The molecule has 0 aliphatic carbocycles. The Hall–Kier alpha value is -3.41. The van der Waals surface area contributed by atoms with Gasteiger partial charge in [-0.3, -0.25) is 14.3 Å². The van der Waals surface area contributed by atoms with Gasteiger partial charge in [-0.1, -0.05) is 6.07 Å². The number of ether oxygens (including phenoxy) is 3. The van der Waals surface area contributed by atoms with Crippen molar-refractivity contribution in [1.29, 1.82) is 0 Å². The minimum absolute atomic E-state index is 0.0559. The fourth-order valence-corrected chi connectivity index (χ4v) is 7.47. The second-order valence-corrected chi connectivity index (χ2v) is 12.8. The summed E-state index contributed by atoms with van der Waals surface area (Å²) in [7, 11) is -1.60. The van der Waals surface area contributed by atoms with E-state index in [9.17, 15) is 13.2 Å². The highest BCUT2D eigenvalue weighted by Gasteiger charge is 2.35. The topological polar surface area (TPSA) is 103 Å². The molecule has 1 atom stereocenters. The molecule has 0 saturated carbocycles. The van der Waals surface area contributed by atoms with Crippen LogP contribution >= 0.6 is 0 Å². The van der Waals surface area contributed by atoms with E-state index in [1.807, 2.05) is 29.0 Å². The quantitative estimate of drug-likeness (QED) is 0.475. The Balaban J connectivity index is 1.42. The number of methoxy groups -OCH3 is 1. The van der Waals surface area contributed by atoms with E-state index in [-0.39, 0.29) is 24.0 Å². The van der Waals surface area contributed by atoms with E-state index >= 15 is 0 Å². The second kappa shape index (κ2) is 11.2. The van der Waals surface area contributed by atoms with Gasteiger partial charge in [0.15, 0.2) is 21.3 Å². The first kappa shape index (κ1) is 26.8.